The third kappa shape index (κ3) is 4.46. The van der Waals surface area contributed by atoms with Crippen LogP contribution in [0.4, 0.5) is 5.69 Å². The maximum Gasteiger partial charge on any atom is 0.239 e. The van der Waals surface area contributed by atoms with Crippen LogP contribution in [-0.4, -0.2) is 19.2 Å². The third-order valence-corrected chi connectivity index (χ3v) is 3.23. The molecule has 0 aromatic heterocycles. The fraction of sp³-hybridized carbons (Fsp3) is 0.125. The van der Waals surface area contributed by atoms with E-state index in [0.717, 1.165) is 0 Å². The van der Waals surface area contributed by atoms with Crippen molar-refractivity contribution in [2.24, 2.45) is 5.73 Å². The molecule has 0 saturated carbocycles. The lowest BCUT2D eigenvalue weighted by atomic mass is 10.3. The first-order valence-corrected chi connectivity index (χ1v) is 6.37. The molecule has 0 bridgehead atoms. The Balaban J connectivity index is 2.82. The molecule has 0 heterocycles. The summed E-state index contributed by atoms with van der Waals surface area (Å²) in [5.41, 5.74) is 5.54. The standard InChI is InChI=1S/C8H9ClN2O2S2/c9-6-2-1-3-7(4-6)11-15(12,13)5-8(10)14/h1-4,11H,5H2,(H2,10,14). The fourth-order valence-corrected chi connectivity index (χ4v) is 2.54. The number of sulfonamides is 1. The predicted octanol–water partition coefficient (Wildman–Crippen LogP) is 1.37. The molecule has 0 radical (unpaired) electrons. The minimum absolute atomic E-state index is 0.0791. The summed E-state index contributed by atoms with van der Waals surface area (Å²) in [7, 11) is -3.53. The average Bonchev–Trinajstić information content (AvgIpc) is 1.99. The van der Waals surface area contributed by atoms with Crippen LogP contribution in [0.2, 0.25) is 5.02 Å². The van der Waals surface area contributed by atoms with Crippen LogP contribution in [0.15, 0.2) is 24.3 Å². The molecule has 4 nitrogen and oxygen atoms in total. The molecular weight excluding hydrogens is 256 g/mol. The molecular formula is C8H9ClN2O2S2. The Kier molecular flexibility index (Phi) is 3.90. The minimum atomic E-state index is -3.53. The number of nitrogens with two attached hydrogens (primary N) is 1. The van der Waals surface area contributed by atoms with E-state index in [2.05, 4.69) is 16.9 Å². The van der Waals surface area contributed by atoms with Crippen LogP contribution >= 0.6 is 23.8 Å². The van der Waals surface area contributed by atoms with Gasteiger partial charge in [0.1, 0.15) is 5.75 Å². The van der Waals surface area contributed by atoms with Gasteiger partial charge in [-0.1, -0.05) is 29.9 Å². The van der Waals surface area contributed by atoms with E-state index in [-0.39, 0.29) is 10.7 Å². The highest BCUT2D eigenvalue weighted by molar-refractivity contribution is 7.95. The van der Waals surface area contributed by atoms with Crippen LogP contribution in [0.1, 0.15) is 0 Å². The molecule has 15 heavy (non-hydrogen) atoms. The number of thiocarbonyl (C=S) groups is 1. The Bertz CT molecular complexity index is 473. The van der Waals surface area contributed by atoms with E-state index in [1.165, 1.54) is 6.07 Å². The van der Waals surface area contributed by atoms with Crippen LogP contribution < -0.4 is 10.5 Å². The highest BCUT2D eigenvalue weighted by atomic mass is 35.5. The summed E-state index contributed by atoms with van der Waals surface area (Å²) in [6.07, 6.45) is 0. The molecule has 0 aliphatic carbocycles. The number of benzene rings is 1. The lowest BCUT2D eigenvalue weighted by Crippen LogP contribution is -2.26. The second-order valence-corrected chi connectivity index (χ2v) is 5.52. The van der Waals surface area contributed by atoms with Gasteiger partial charge in [-0.05, 0) is 18.2 Å². The van der Waals surface area contributed by atoms with Crippen molar-refractivity contribution >= 4 is 44.5 Å². The lowest BCUT2D eigenvalue weighted by Gasteiger charge is -2.06. The first-order chi connectivity index (χ1) is 6.89. The van der Waals surface area contributed by atoms with Crippen LogP contribution in [0.5, 0.6) is 0 Å². The Morgan fingerprint density at radius 3 is 2.73 bits per heavy atom. The SMILES string of the molecule is NC(=S)CS(=O)(=O)Nc1cccc(Cl)c1. The monoisotopic (exact) mass is 264 g/mol. The van der Waals surface area contributed by atoms with Crippen molar-refractivity contribution < 1.29 is 8.42 Å². The maximum absolute atomic E-state index is 11.4. The molecule has 1 aromatic rings. The molecule has 0 aliphatic rings. The van der Waals surface area contributed by atoms with Gasteiger partial charge in [-0.25, -0.2) is 8.42 Å². The lowest BCUT2D eigenvalue weighted by molar-refractivity contribution is 0.605. The summed E-state index contributed by atoms with van der Waals surface area (Å²) >= 11 is 10.2. The molecule has 1 aromatic carbocycles. The second-order valence-electron chi connectivity index (χ2n) is 2.84. The zero-order valence-electron chi connectivity index (χ0n) is 7.60. The Morgan fingerprint density at radius 1 is 1.53 bits per heavy atom. The first-order valence-electron chi connectivity index (χ1n) is 3.93. The van der Waals surface area contributed by atoms with Gasteiger partial charge in [0.2, 0.25) is 10.0 Å². The molecule has 0 aliphatic heterocycles. The summed E-state index contributed by atoms with van der Waals surface area (Å²) in [5.74, 6) is -0.380. The van der Waals surface area contributed by atoms with Gasteiger partial charge in [-0.2, -0.15) is 0 Å². The van der Waals surface area contributed by atoms with Gasteiger partial charge in [0.05, 0.1) is 4.99 Å². The number of hydrogen-bond donors (Lipinski definition) is 2. The zero-order valence-corrected chi connectivity index (χ0v) is 9.99. The normalized spacial score (nSPS) is 11.0. The molecule has 0 saturated heterocycles. The number of rotatable bonds is 4. The van der Waals surface area contributed by atoms with Crippen LogP contribution in [0.25, 0.3) is 0 Å². The third-order valence-electron chi connectivity index (χ3n) is 1.43. The maximum atomic E-state index is 11.4. The largest absolute Gasteiger partial charge is 0.392 e. The van der Waals surface area contributed by atoms with Gasteiger partial charge in [0, 0.05) is 10.7 Å². The number of halogens is 1. The predicted molar refractivity (Wildman–Crippen MR) is 65.6 cm³/mol. The zero-order chi connectivity index (χ0) is 11.5. The summed E-state index contributed by atoms with van der Waals surface area (Å²) in [6, 6.07) is 6.37. The Labute approximate surface area is 98.5 Å². The minimum Gasteiger partial charge on any atom is -0.392 e. The first kappa shape index (κ1) is 12.2. The van der Waals surface area contributed by atoms with E-state index in [9.17, 15) is 8.42 Å². The van der Waals surface area contributed by atoms with Gasteiger partial charge in [-0.3, -0.25) is 4.72 Å². The van der Waals surface area contributed by atoms with Crippen molar-refractivity contribution in [1.82, 2.24) is 0 Å². The van der Waals surface area contributed by atoms with E-state index >= 15 is 0 Å². The van der Waals surface area contributed by atoms with Gasteiger partial charge in [0.15, 0.2) is 0 Å². The molecule has 0 fully saturated rings. The van der Waals surface area contributed by atoms with Crippen molar-refractivity contribution in [1.29, 1.82) is 0 Å². The second kappa shape index (κ2) is 4.78. The van der Waals surface area contributed by atoms with Gasteiger partial charge in [0.25, 0.3) is 0 Å². The molecule has 0 unspecified atom stereocenters. The highest BCUT2D eigenvalue weighted by Gasteiger charge is 2.11. The smallest absolute Gasteiger partial charge is 0.239 e. The number of hydrogen-bond acceptors (Lipinski definition) is 3. The summed E-state index contributed by atoms with van der Waals surface area (Å²) in [6.45, 7) is 0. The van der Waals surface area contributed by atoms with Crippen LogP contribution in [0.3, 0.4) is 0 Å². The topological polar surface area (TPSA) is 72.2 Å². The van der Waals surface area contributed by atoms with Crippen molar-refractivity contribution in [2.75, 3.05) is 10.5 Å². The molecule has 3 N–H and O–H groups in total. The van der Waals surface area contributed by atoms with Crippen LogP contribution in [-0.2, 0) is 10.0 Å². The molecule has 1 rings (SSSR count). The average molecular weight is 265 g/mol. The number of anilines is 1. The van der Waals surface area contributed by atoms with Gasteiger partial charge < -0.3 is 5.73 Å². The van der Waals surface area contributed by atoms with Crippen LogP contribution in [0, 0.1) is 0 Å². The summed E-state index contributed by atoms with van der Waals surface area (Å²) in [5, 5.41) is 0.450. The number of nitrogens with one attached hydrogen (secondary N) is 1. The van der Waals surface area contributed by atoms with E-state index in [1.807, 2.05) is 0 Å². The van der Waals surface area contributed by atoms with E-state index in [4.69, 9.17) is 17.3 Å². The Morgan fingerprint density at radius 2 is 2.20 bits per heavy atom. The van der Waals surface area contributed by atoms with Crippen molar-refractivity contribution in [2.45, 2.75) is 0 Å². The van der Waals surface area contributed by atoms with E-state index in [0.29, 0.717) is 10.7 Å². The molecule has 7 heteroatoms. The van der Waals surface area contributed by atoms with Gasteiger partial charge >= 0.3 is 0 Å². The molecule has 0 atom stereocenters. The fourth-order valence-electron chi connectivity index (χ4n) is 0.955. The van der Waals surface area contributed by atoms with E-state index < -0.39 is 10.0 Å². The summed E-state index contributed by atoms with van der Waals surface area (Å²) < 4.78 is 25.1. The van der Waals surface area contributed by atoms with Gasteiger partial charge in [-0.15, -0.1) is 0 Å². The Hall–Kier alpha value is -0.850. The molecule has 0 spiro atoms. The quantitative estimate of drug-likeness (QED) is 0.806. The summed E-state index contributed by atoms with van der Waals surface area (Å²) in [4.78, 5) is -0.0791. The van der Waals surface area contributed by atoms with Crippen molar-refractivity contribution in [3.8, 4) is 0 Å². The highest BCUT2D eigenvalue weighted by Crippen LogP contribution is 2.15. The van der Waals surface area contributed by atoms with Crippen molar-refractivity contribution in [3.05, 3.63) is 29.3 Å². The van der Waals surface area contributed by atoms with E-state index in [1.54, 1.807) is 18.2 Å². The molecule has 0 amide bonds. The van der Waals surface area contributed by atoms with Crippen molar-refractivity contribution in [3.63, 3.8) is 0 Å². The molecule has 82 valence electrons.